The van der Waals surface area contributed by atoms with E-state index in [4.69, 9.17) is 0 Å². The molecule has 0 fully saturated rings. The van der Waals surface area contributed by atoms with Crippen LogP contribution in [0.5, 0.6) is 0 Å². The van der Waals surface area contributed by atoms with Gasteiger partial charge < -0.3 is 5.32 Å². The van der Waals surface area contributed by atoms with Crippen molar-refractivity contribution in [2.45, 2.75) is 14.4 Å². The van der Waals surface area contributed by atoms with E-state index in [0.717, 1.165) is 15.8 Å². The molecule has 0 aliphatic heterocycles. The second-order valence-electron chi connectivity index (χ2n) is 7.72. The van der Waals surface area contributed by atoms with E-state index in [9.17, 15) is 18.4 Å². The normalized spacial score (nSPS) is 11.0. The van der Waals surface area contributed by atoms with Crippen LogP contribution >= 0.6 is 46.2 Å². The zero-order valence-corrected chi connectivity index (χ0v) is 22.6. The summed E-state index contributed by atoms with van der Waals surface area (Å²) in [6.45, 7) is 0. The Bertz CT molecular complexity index is 1610. The van der Waals surface area contributed by atoms with Gasteiger partial charge in [0.05, 0.1) is 21.5 Å². The first-order chi connectivity index (χ1) is 18.4. The molecule has 2 aromatic heterocycles. The van der Waals surface area contributed by atoms with Crippen molar-refractivity contribution in [3.8, 4) is 0 Å². The van der Waals surface area contributed by atoms with Crippen LogP contribution in [0.25, 0.3) is 10.2 Å². The van der Waals surface area contributed by atoms with Gasteiger partial charge in [-0.15, -0.1) is 21.5 Å². The summed E-state index contributed by atoms with van der Waals surface area (Å²) in [5.74, 6) is -0.892. The highest BCUT2D eigenvalue weighted by Crippen LogP contribution is 2.32. The van der Waals surface area contributed by atoms with Gasteiger partial charge in [0.2, 0.25) is 11.0 Å². The third-order valence-electron chi connectivity index (χ3n) is 5.00. The van der Waals surface area contributed by atoms with Crippen LogP contribution in [0, 0.1) is 11.6 Å². The molecule has 5 aromatic rings. The van der Waals surface area contributed by atoms with E-state index in [1.807, 2.05) is 0 Å². The Kier molecular flexibility index (Phi) is 8.27. The molecule has 7 nitrogen and oxygen atoms in total. The number of carbonyl (C=O) groups is 2. The molecule has 2 N–H and O–H groups in total. The number of aromatic nitrogens is 3. The Hall–Kier alpha value is -3.39. The summed E-state index contributed by atoms with van der Waals surface area (Å²) in [6, 6.07) is 17.3. The first kappa shape index (κ1) is 26.2. The van der Waals surface area contributed by atoms with Gasteiger partial charge in [0.15, 0.2) is 8.68 Å². The first-order valence-corrected chi connectivity index (χ1v) is 14.6. The van der Waals surface area contributed by atoms with Crippen LogP contribution < -0.4 is 10.6 Å². The Morgan fingerprint density at radius 2 is 1.68 bits per heavy atom. The zero-order chi connectivity index (χ0) is 26.5. The Morgan fingerprint density at radius 3 is 2.50 bits per heavy atom. The van der Waals surface area contributed by atoms with Crippen LogP contribution in [0.1, 0.15) is 15.9 Å². The van der Waals surface area contributed by atoms with Crippen molar-refractivity contribution >= 4 is 79.0 Å². The minimum absolute atomic E-state index is 0.0341. The number of anilines is 2. The van der Waals surface area contributed by atoms with E-state index >= 15 is 0 Å². The molecular formula is C25H17F2N5O2S4. The quantitative estimate of drug-likeness (QED) is 0.147. The first-order valence-electron chi connectivity index (χ1n) is 11.0. The van der Waals surface area contributed by atoms with Crippen molar-refractivity contribution in [3.05, 3.63) is 89.5 Å². The maximum Gasteiger partial charge on any atom is 0.258 e. The highest BCUT2D eigenvalue weighted by atomic mass is 32.2. The fourth-order valence-corrected chi connectivity index (χ4v) is 6.85. The summed E-state index contributed by atoms with van der Waals surface area (Å²) >= 11 is 5.40. The van der Waals surface area contributed by atoms with Gasteiger partial charge in [-0.1, -0.05) is 59.1 Å². The van der Waals surface area contributed by atoms with Crippen molar-refractivity contribution < 1.29 is 18.4 Å². The lowest BCUT2D eigenvalue weighted by Crippen LogP contribution is -2.13. The molecular weight excluding hydrogens is 569 g/mol. The van der Waals surface area contributed by atoms with Gasteiger partial charge in [0, 0.05) is 11.4 Å². The van der Waals surface area contributed by atoms with Crippen LogP contribution in [-0.4, -0.2) is 32.7 Å². The number of rotatable bonds is 9. The number of fused-ring (bicyclic) bond motifs is 1. The fourth-order valence-electron chi connectivity index (χ4n) is 3.21. The highest BCUT2D eigenvalue weighted by Gasteiger charge is 2.14. The van der Waals surface area contributed by atoms with Gasteiger partial charge in [-0.25, -0.2) is 13.8 Å². The predicted molar refractivity (Wildman–Crippen MR) is 149 cm³/mol. The fraction of sp³-hybridized carbons (Fsp3) is 0.0800. The van der Waals surface area contributed by atoms with Crippen molar-refractivity contribution in [2.75, 3.05) is 16.4 Å². The van der Waals surface area contributed by atoms with Crippen LogP contribution in [-0.2, 0) is 10.5 Å². The second kappa shape index (κ2) is 12.0. The topological polar surface area (TPSA) is 96.9 Å². The van der Waals surface area contributed by atoms with E-state index in [0.29, 0.717) is 25.3 Å². The molecule has 0 saturated carbocycles. The van der Waals surface area contributed by atoms with Crippen LogP contribution in [0.2, 0.25) is 0 Å². The zero-order valence-electron chi connectivity index (χ0n) is 19.3. The van der Waals surface area contributed by atoms with Crippen molar-refractivity contribution in [2.24, 2.45) is 0 Å². The smallest absolute Gasteiger partial charge is 0.258 e. The molecule has 0 atom stereocenters. The molecule has 0 aliphatic carbocycles. The number of amides is 2. The molecule has 5 rings (SSSR count). The molecule has 0 bridgehead atoms. The predicted octanol–water partition coefficient (Wildman–Crippen LogP) is 6.70. The molecule has 192 valence electrons. The van der Waals surface area contributed by atoms with Crippen LogP contribution in [0.3, 0.4) is 0 Å². The average Bonchev–Trinajstić information content (AvgIpc) is 3.53. The summed E-state index contributed by atoms with van der Waals surface area (Å²) in [6.07, 6.45) is 0. The number of hydrogen-bond donors (Lipinski definition) is 2. The monoisotopic (exact) mass is 585 g/mol. The van der Waals surface area contributed by atoms with E-state index in [-0.39, 0.29) is 23.0 Å². The van der Waals surface area contributed by atoms with E-state index in [1.54, 1.807) is 36.4 Å². The third kappa shape index (κ3) is 6.72. The van der Waals surface area contributed by atoms with Gasteiger partial charge in [0.1, 0.15) is 11.6 Å². The van der Waals surface area contributed by atoms with Gasteiger partial charge in [-0.3, -0.25) is 14.9 Å². The number of thiazole rings is 1. The van der Waals surface area contributed by atoms with Crippen molar-refractivity contribution in [1.29, 1.82) is 0 Å². The van der Waals surface area contributed by atoms with Gasteiger partial charge in [-0.05, 0) is 48.0 Å². The number of carbonyl (C=O) groups excluding carboxylic acids is 2. The molecule has 38 heavy (non-hydrogen) atoms. The number of benzene rings is 3. The summed E-state index contributed by atoms with van der Waals surface area (Å²) in [5, 5.41) is 13.9. The van der Waals surface area contributed by atoms with Crippen LogP contribution in [0.15, 0.2) is 75.4 Å². The average molecular weight is 586 g/mol. The molecule has 0 radical (unpaired) electrons. The van der Waals surface area contributed by atoms with E-state index < -0.39 is 11.7 Å². The second-order valence-corrected chi connectivity index (χ2v) is 12.2. The summed E-state index contributed by atoms with van der Waals surface area (Å²) in [4.78, 5) is 29.3. The minimum Gasteiger partial charge on any atom is -0.322 e. The maximum absolute atomic E-state index is 13.9. The molecule has 0 aliphatic rings. The molecule has 2 heterocycles. The van der Waals surface area contributed by atoms with Crippen molar-refractivity contribution in [3.63, 3.8) is 0 Å². The van der Waals surface area contributed by atoms with E-state index in [2.05, 4.69) is 25.8 Å². The Morgan fingerprint density at radius 1 is 0.868 bits per heavy atom. The summed E-state index contributed by atoms with van der Waals surface area (Å²) in [7, 11) is 0. The van der Waals surface area contributed by atoms with Gasteiger partial charge in [-0.2, -0.15) is 0 Å². The van der Waals surface area contributed by atoms with E-state index in [1.165, 1.54) is 76.5 Å². The largest absolute Gasteiger partial charge is 0.322 e. The number of thioether (sulfide) groups is 2. The lowest BCUT2D eigenvalue weighted by atomic mass is 10.2. The lowest BCUT2D eigenvalue weighted by molar-refractivity contribution is -0.113. The van der Waals surface area contributed by atoms with Crippen LogP contribution in [0.4, 0.5) is 19.6 Å². The van der Waals surface area contributed by atoms with Crippen molar-refractivity contribution in [1.82, 2.24) is 15.2 Å². The molecule has 0 spiro atoms. The molecule has 0 unspecified atom stereocenters. The molecule has 0 saturated heterocycles. The lowest BCUT2D eigenvalue weighted by Gasteiger charge is -2.05. The standard InChI is InChI=1S/C25H17F2N5O2S4/c26-15-7-5-14(6-8-15)12-35-25-32-31-23(38-25)30-21(33)13-36-24-29-19-10-9-16(11-20(19)37-24)28-22(34)17-3-1-2-4-18(17)27/h1-11H,12-13H2,(H,28,34)(H,30,31,33). The summed E-state index contributed by atoms with van der Waals surface area (Å²) < 4.78 is 29.1. The molecule has 13 heteroatoms. The number of nitrogens with zero attached hydrogens (tertiary/aromatic N) is 3. The van der Waals surface area contributed by atoms with Gasteiger partial charge >= 0.3 is 0 Å². The molecule has 3 aromatic carbocycles. The SMILES string of the molecule is O=C(CSc1nc2ccc(NC(=O)c3ccccc3F)cc2s1)Nc1nnc(SCc2ccc(F)cc2)s1. The summed E-state index contributed by atoms with van der Waals surface area (Å²) in [5.41, 5.74) is 2.18. The minimum atomic E-state index is -0.589. The number of halogens is 2. The maximum atomic E-state index is 13.9. The Balaban J connectivity index is 1.13. The highest BCUT2D eigenvalue weighted by molar-refractivity contribution is 8.01. The Labute approximate surface area is 232 Å². The third-order valence-corrected chi connectivity index (χ3v) is 9.20. The molecule has 2 amide bonds. The number of hydrogen-bond acceptors (Lipinski definition) is 9. The van der Waals surface area contributed by atoms with Gasteiger partial charge in [0.25, 0.3) is 5.91 Å². The number of nitrogens with one attached hydrogen (secondary N) is 2.